The van der Waals surface area contributed by atoms with Gasteiger partial charge in [0, 0.05) is 22.2 Å². The standard InChI is InChI=1S/C14H18N4S/c1-9(2)12-8-13(18-15)17-14(16-12)10-4-6-11(19-3)7-5-10/h4-9H,15H2,1-3H3,(H,16,17,18). The van der Waals surface area contributed by atoms with Crippen molar-refractivity contribution in [3.8, 4) is 11.4 Å². The van der Waals surface area contributed by atoms with Gasteiger partial charge < -0.3 is 5.43 Å². The van der Waals surface area contributed by atoms with Crippen LogP contribution < -0.4 is 11.3 Å². The van der Waals surface area contributed by atoms with Gasteiger partial charge in [-0.05, 0) is 24.3 Å². The molecule has 3 N–H and O–H groups in total. The summed E-state index contributed by atoms with van der Waals surface area (Å²) in [6, 6.07) is 10.1. The van der Waals surface area contributed by atoms with Crippen molar-refractivity contribution in [1.82, 2.24) is 9.97 Å². The number of nitrogen functional groups attached to an aromatic ring is 1. The first kappa shape index (κ1) is 13.8. The van der Waals surface area contributed by atoms with E-state index in [1.807, 2.05) is 18.2 Å². The molecule has 0 saturated carbocycles. The number of benzene rings is 1. The lowest BCUT2D eigenvalue weighted by molar-refractivity contribution is 0.817. The van der Waals surface area contributed by atoms with Crippen LogP contribution in [0.2, 0.25) is 0 Å². The summed E-state index contributed by atoms with van der Waals surface area (Å²) in [6.45, 7) is 4.20. The highest BCUT2D eigenvalue weighted by Crippen LogP contribution is 2.23. The Morgan fingerprint density at radius 3 is 2.37 bits per heavy atom. The number of hydrogen-bond donors (Lipinski definition) is 2. The molecule has 0 atom stereocenters. The van der Waals surface area contributed by atoms with Gasteiger partial charge in [0.15, 0.2) is 5.82 Å². The zero-order valence-corrected chi connectivity index (χ0v) is 12.2. The Bertz CT molecular complexity index is 552. The smallest absolute Gasteiger partial charge is 0.161 e. The second-order valence-corrected chi connectivity index (χ2v) is 5.41. The number of nitrogens with one attached hydrogen (secondary N) is 1. The molecule has 1 aromatic carbocycles. The third-order valence-electron chi connectivity index (χ3n) is 2.83. The van der Waals surface area contributed by atoms with Gasteiger partial charge in [0.1, 0.15) is 5.82 Å². The third kappa shape index (κ3) is 3.24. The van der Waals surface area contributed by atoms with Crippen molar-refractivity contribution in [2.75, 3.05) is 11.7 Å². The molecule has 100 valence electrons. The first-order chi connectivity index (χ1) is 9.13. The number of anilines is 1. The van der Waals surface area contributed by atoms with Gasteiger partial charge in [0.25, 0.3) is 0 Å². The van der Waals surface area contributed by atoms with E-state index in [1.165, 1.54) is 4.90 Å². The molecule has 19 heavy (non-hydrogen) atoms. The van der Waals surface area contributed by atoms with E-state index in [-0.39, 0.29) is 0 Å². The number of hydrogen-bond acceptors (Lipinski definition) is 5. The van der Waals surface area contributed by atoms with Crippen molar-refractivity contribution in [2.45, 2.75) is 24.7 Å². The maximum absolute atomic E-state index is 5.47. The molecule has 0 aliphatic carbocycles. The van der Waals surface area contributed by atoms with Gasteiger partial charge in [-0.3, -0.25) is 0 Å². The Hall–Kier alpha value is -1.59. The average molecular weight is 274 g/mol. The van der Waals surface area contributed by atoms with Crippen LogP contribution in [0.5, 0.6) is 0 Å². The lowest BCUT2D eigenvalue weighted by atomic mass is 10.1. The molecule has 1 heterocycles. The largest absolute Gasteiger partial charge is 0.308 e. The van der Waals surface area contributed by atoms with Crippen LogP contribution in [0.15, 0.2) is 35.2 Å². The van der Waals surface area contributed by atoms with Crippen molar-refractivity contribution < 1.29 is 0 Å². The first-order valence-electron chi connectivity index (χ1n) is 6.14. The lowest BCUT2D eigenvalue weighted by Crippen LogP contribution is -2.11. The highest BCUT2D eigenvalue weighted by molar-refractivity contribution is 7.98. The van der Waals surface area contributed by atoms with Gasteiger partial charge in [-0.15, -0.1) is 11.8 Å². The van der Waals surface area contributed by atoms with Gasteiger partial charge in [0.05, 0.1) is 0 Å². The molecule has 0 bridgehead atoms. The number of nitrogens with two attached hydrogens (primary N) is 1. The molecule has 0 amide bonds. The van der Waals surface area contributed by atoms with E-state index in [2.05, 4.69) is 47.6 Å². The van der Waals surface area contributed by atoms with E-state index >= 15 is 0 Å². The molecular weight excluding hydrogens is 256 g/mol. The topological polar surface area (TPSA) is 63.8 Å². The minimum absolute atomic E-state index is 0.333. The Labute approximate surface area is 117 Å². The summed E-state index contributed by atoms with van der Waals surface area (Å²) in [5.74, 6) is 7.14. The molecule has 0 fully saturated rings. The van der Waals surface area contributed by atoms with E-state index in [0.717, 1.165) is 11.3 Å². The Kier molecular flexibility index (Phi) is 4.39. The predicted octanol–water partition coefficient (Wildman–Crippen LogP) is 3.27. The van der Waals surface area contributed by atoms with Crippen LogP contribution in [0.4, 0.5) is 5.82 Å². The third-order valence-corrected chi connectivity index (χ3v) is 3.58. The fourth-order valence-electron chi connectivity index (χ4n) is 1.70. The summed E-state index contributed by atoms with van der Waals surface area (Å²) in [6.07, 6.45) is 2.06. The van der Waals surface area contributed by atoms with Gasteiger partial charge in [-0.2, -0.15) is 0 Å². The molecular formula is C14H18N4S. The normalized spacial score (nSPS) is 10.8. The lowest BCUT2D eigenvalue weighted by Gasteiger charge is -2.10. The van der Waals surface area contributed by atoms with Crippen LogP contribution in [0.1, 0.15) is 25.5 Å². The fraction of sp³-hybridized carbons (Fsp3) is 0.286. The van der Waals surface area contributed by atoms with E-state index in [0.29, 0.717) is 17.6 Å². The van der Waals surface area contributed by atoms with Gasteiger partial charge in [0.2, 0.25) is 0 Å². The minimum Gasteiger partial charge on any atom is -0.308 e. The van der Waals surface area contributed by atoms with Crippen LogP contribution in [0.25, 0.3) is 11.4 Å². The van der Waals surface area contributed by atoms with Gasteiger partial charge in [-0.25, -0.2) is 15.8 Å². The molecule has 4 nitrogen and oxygen atoms in total. The van der Waals surface area contributed by atoms with Crippen molar-refractivity contribution in [2.24, 2.45) is 5.84 Å². The number of aromatic nitrogens is 2. The monoisotopic (exact) mass is 274 g/mol. The Morgan fingerprint density at radius 1 is 1.16 bits per heavy atom. The average Bonchev–Trinajstić information content (AvgIpc) is 2.46. The van der Waals surface area contributed by atoms with Crippen LogP contribution in [0, 0.1) is 0 Å². The predicted molar refractivity (Wildman–Crippen MR) is 81.1 cm³/mol. The molecule has 5 heteroatoms. The zero-order valence-electron chi connectivity index (χ0n) is 11.3. The van der Waals surface area contributed by atoms with Crippen LogP contribution in [-0.4, -0.2) is 16.2 Å². The Balaban J connectivity index is 2.44. The van der Waals surface area contributed by atoms with Crippen LogP contribution >= 0.6 is 11.8 Å². The van der Waals surface area contributed by atoms with E-state index in [1.54, 1.807) is 11.8 Å². The van der Waals surface area contributed by atoms with E-state index < -0.39 is 0 Å². The molecule has 0 saturated heterocycles. The fourth-order valence-corrected chi connectivity index (χ4v) is 2.11. The molecule has 2 rings (SSSR count). The maximum atomic E-state index is 5.47. The summed E-state index contributed by atoms with van der Waals surface area (Å²) >= 11 is 1.72. The highest BCUT2D eigenvalue weighted by atomic mass is 32.2. The summed E-state index contributed by atoms with van der Waals surface area (Å²) in [7, 11) is 0. The summed E-state index contributed by atoms with van der Waals surface area (Å²) < 4.78 is 0. The summed E-state index contributed by atoms with van der Waals surface area (Å²) in [4.78, 5) is 10.2. The van der Waals surface area contributed by atoms with Gasteiger partial charge >= 0.3 is 0 Å². The highest BCUT2D eigenvalue weighted by Gasteiger charge is 2.09. The molecule has 0 aliphatic rings. The van der Waals surface area contributed by atoms with Crippen molar-refractivity contribution in [1.29, 1.82) is 0 Å². The van der Waals surface area contributed by atoms with Crippen LogP contribution in [-0.2, 0) is 0 Å². The number of hydrazine groups is 1. The van der Waals surface area contributed by atoms with Crippen molar-refractivity contribution in [3.63, 3.8) is 0 Å². The molecule has 0 radical (unpaired) electrons. The number of nitrogens with zero attached hydrogens (tertiary/aromatic N) is 2. The molecule has 0 spiro atoms. The first-order valence-corrected chi connectivity index (χ1v) is 7.36. The SMILES string of the molecule is CSc1ccc(-c2nc(NN)cc(C(C)C)n2)cc1. The molecule has 1 aromatic heterocycles. The Morgan fingerprint density at radius 2 is 1.84 bits per heavy atom. The van der Waals surface area contributed by atoms with Crippen LogP contribution in [0.3, 0.4) is 0 Å². The minimum atomic E-state index is 0.333. The molecule has 0 unspecified atom stereocenters. The number of thioether (sulfide) groups is 1. The number of rotatable bonds is 4. The summed E-state index contributed by atoms with van der Waals surface area (Å²) in [5.41, 5.74) is 4.58. The van der Waals surface area contributed by atoms with E-state index in [4.69, 9.17) is 5.84 Å². The maximum Gasteiger partial charge on any atom is 0.161 e. The zero-order chi connectivity index (χ0) is 13.8. The molecule has 2 aromatic rings. The summed E-state index contributed by atoms with van der Waals surface area (Å²) in [5, 5.41) is 0. The second kappa shape index (κ2) is 6.04. The van der Waals surface area contributed by atoms with Gasteiger partial charge in [-0.1, -0.05) is 26.0 Å². The second-order valence-electron chi connectivity index (χ2n) is 4.53. The van der Waals surface area contributed by atoms with Crippen molar-refractivity contribution in [3.05, 3.63) is 36.0 Å². The molecule has 0 aliphatic heterocycles. The van der Waals surface area contributed by atoms with E-state index in [9.17, 15) is 0 Å². The van der Waals surface area contributed by atoms with Crippen molar-refractivity contribution >= 4 is 17.6 Å². The quantitative estimate of drug-likeness (QED) is 0.509.